The van der Waals surface area contributed by atoms with Gasteiger partial charge in [-0.05, 0) is 63.2 Å². The summed E-state index contributed by atoms with van der Waals surface area (Å²) in [4.78, 5) is 0.202. The number of fused-ring (bicyclic) bond motifs is 2. The van der Waals surface area contributed by atoms with Gasteiger partial charge in [-0.25, -0.2) is 16.8 Å². The van der Waals surface area contributed by atoms with Crippen LogP contribution in [0.15, 0.2) is 89.7 Å². The van der Waals surface area contributed by atoms with E-state index in [4.69, 9.17) is 4.74 Å². The summed E-state index contributed by atoms with van der Waals surface area (Å²) in [5.74, 6) is 0.0415. The lowest BCUT2D eigenvalue weighted by Gasteiger charge is -2.23. The molecule has 37 heavy (non-hydrogen) atoms. The van der Waals surface area contributed by atoms with Crippen molar-refractivity contribution in [2.45, 2.75) is 37.5 Å². The van der Waals surface area contributed by atoms with Crippen molar-refractivity contribution in [2.24, 2.45) is 0 Å². The zero-order valence-electron chi connectivity index (χ0n) is 20.5. The van der Waals surface area contributed by atoms with Crippen LogP contribution in [0.25, 0.3) is 22.0 Å². The predicted molar refractivity (Wildman–Crippen MR) is 142 cm³/mol. The Bertz CT molecular complexity index is 1750. The maximum Gasteiger partial charge on any atom is 0.268 e. The molecule has 1 unspecified atom stereocenters. The molecule has 0 aliphatic carbocycles. The Morgan fingerprint density at radius 3 is 2.51 bits per heavy atom. The third-order valence-corrected chi connectivity index (χ3v) is 8.63. The lowest BCUT2D eigenvalue weighted by molar-refractivity contribution is 0.109. The molecule has 188 valence electrons. The van der Waals surface area contributed by atoms with Crippen LogP contribution >= 0.6 is 0 Å². The third-order valence-electron chi connectivity index (χ3n) is 6.94. The van der Waals surface area contributed by atoms with Gasteiger partial charge in [-0.2, -0.15) is 0 Å². The third kappa shape index (κ3) is 3.67. The van der Waals surface area contributed by atoms with Gasteiger partial charge >= 0.3 is 0 Å². The summed E-state index contributed by atoms with van der Waals surface area (Å²) in [6, 6.07) is 18.4. The van der Waals surface area contributed by atoms with E-state index < -0.39 is 27.7 Å². The Balaban J connectivity index is 1.55. The first-order valence-corrected chi connectivity index (χ1v) is 13.3. The van der Waals surface area contributed by atoms with Gasteiger partial charge < -0.3 is 15.2 Å². The lowest BCUT2D eigenvalue weighted by Crippen LogP contribution is -2.22. The molecule has 6 rings (SSSR count). The summed E-state index contributed by atoms with van der Waals surface area (Å²) in [6.45, 7) is 5.70. The van der Waals surface area contributed by atoms with Crippen molar-refractivity contribution in [1.29, 1.82) is 0 Å². The second-order valence-electron chi connectivity index (χ2n) is 9.86. The second kappa shape index (κ2) is 8.06. The Kier molecular flexibility index (Phi) is 5.12. The Morgan fingerprint density at radius 1 is 1.03 bits per heavy atom. The van der Waals surface area contributed by atoms with E-state index in [-0.39, 0.29) is 4.90 Å². The zero-order valence-corrected chi connectivity index (χ0v) is 21.3. The van der Waals surface area contributed by atoms with Gasteiger partial charge in [0, 0.05) is 34.0 Å². The highest BCUT2D eigenvalue weighted by atomic mass is 32.2. The molecule has 1 aromatic heterocycles. The molecule has 0 amide bonds. The number of anilines is 1. The van der Waals surface area contributed by atoms with E-state index in [1.807, 2.05) is 45.0 Å². The Hall–Kier alpha value is -3.88. The number of allylic oxidation sites excluding steroid dienone is 1. The van der Waals surface area contributed by atoms with Crippen LogP contribution < -0.4 is 5.32 Å². The molecule has 8 heteroatoms. The van der Waals surface area contributed by atoms with Gasteiger partial charge in [0.25, 0.3) is 10.0 Å². The molecule has 2 N–H and O–H groups in total. The zero-order chi connectivity index (χ0) is 26.1. The summed E-state index contributed by atoms with van der Waals surface area (Å²) < 4.78 is 48.7. The smallest absolute Gasteiger partial charge is 0.268 e. The summed E-state index contributed by atoms with van der Waals surface area (Å²) in [5, 5.41) is 14.4. The van der Waals surface area contributed by atoms with Crippen LogP contribution in [0.2, 0.25) is 0 Å². The molecule has 0 spiro atoms. The number of aliphatic hydroxyl groups is 1. The number of aliphatic hydroxyl groups excluding tert-OH is 1. The fourth-order valence-corrected chi connectivity index (χ4v) is 6.46. The van der Waals surface area contributed by atoms with Crippen molar-refractivity contribution >= 4 is 37.8 Å². The van der Waals surface area contributed by atoms with Crippen LogP contribution in [0.3, 0.4) is 0 Å². The summed E-state index contributed by atoms with van der Waals surface area (Å²) in [5.41, 5.74) is 3.83. The Morgan fingerprint density at radius 2 is 1.76 bits per heavy atom. The van der Waals surface area contributed by atoms with Crippen molar-refractivity contribution in [1.82, 2.24) is 3.97 Å². The standard InChI is InChI=1S/C29H25FN2O4S/c1-17-8-11-19(12-9-17)37(34,35)32-16-22(20-6-4-5-7-25(20)32)23-15-26(36-29(23,2)3)27-21-13-10-18(30)14-24(21)31-28(27)33/h4-16,28,31,33H,1-3H3/b27-26+. The van der Waals surface area contributed by atoms with E-state index >= 15 is 0 Å². The minimum Gasteiger partial charge on any atom is -0.483 e. The summed E-state index contributed by atoms with van der Waals surface area (Å²) >= 11 is 0. The number of hydrogen-bond donors (Lipinski definition) is 2. The van der Waals surface area contributed by atoms with E-state index in [0.29, 0.717) is 33.7 Å². The molecule has 0 bridgehead atoms. The van der Waals surface area contributed by atoms with Crippen LogP contribution in [-0.4, -0.2) is 29.3 Å². The lowest BCUT2D eigenvalue weighted by atomic mass is 9.92. The molecule has 2 aliphatic rings. The topological polar surface area (TPSA) is 80.6 Å². The molecule has 6 nitrogen and oxygen atoms in total. The first-order valence-electron chi connectivity index (χ1n) is 11.9. The quantitative estimate of drug-likeness (QED) is 0.367. The van der Waals surface area contributed by atoms with E-state index in [2.05, 4.69) is 5.32 Å². The van der Waals surface area contributed by atoms with Gasteiger partial charge in [0.1, 0.15) is 17.2 Å². The van der Waals surface area contributed by atoms with Crippen LogP contribution in [-0.2, 0) is 14.8 Å². The molecule has 0 radical (unpaired) electrons. The first-order chi connectivity index (χ1) is 17.6. The number of rotatable bonds is 3. The molecule has 1 atom stereocenters. The number of para-hydroxylation sites is 1. The van der Waals surface area contributed by atoms with E-state index in [9.17, 15) is 17.9 Å². The fourth-order valence-electron chi connectivity index (χ4n) is 5.09. The minimum absolute atomic E-state index is 0.202. The van der Waals surface area contributed by atoms with Crippen LogP contribution in [0, 0.1) is 12.7 Å². The van der Waals surface area contributed by atoms with Crippen LogP contribution in [0.4, 0.5) is 10.1 Å². The van der Waals surface area contributed by atoms with E-state index in [1.54, 1.807) is 42.6 Å². The molecule has 0 saturated heterocycles. The molecule has 2 aliphatic heterocycles. The van der Waals surface area contributed by atoms with Crippen molar-refractivity contribution in [3.8, 4) is 0 Å². The maximum absolute atomic E-state index is 13.8. The van der Waals surface area contributed by atoms with Gasteiger partial charge in [-0.15, -0.1) is 0 Å². The molecule has 0 fully saturated rings. The molecular formula is C29H25FN2O4S. The van der Waals surface area contributed by atoms with E-state index in [1.165, 1.54) is 16.1 Å². The molecular weight excluding hydrogens is 491 g/mol. The van der Waals surface area contributed by atoms with Crippen LogP contribution in [0.5, 0.6) is 0 Å². The molecule has 3 heterocycles. The number of nitrogens with zero attached hydrogens (tertiary/aromatic N) is 1. The highest BCUT2D eigenvalue weighted by molar-refractivity contribution is 7.90. The van der Waals surface area contributed by atoms with Gasteiger partial charge in [-0.1, -0.05) is 35.9 Å². The summed E-state index contributed by atoms with van der Waals surface area (Å²) in [6.07, 6.45) is 2.40. The molecule has 0 saturated carbocycles. The van der Waals surface area contributed by atoms with Crippen molar-refractivity contribution in [2.75, 3.05) is 5.32 Å². The van der Waals surface area contributed by atoms with Crippen molar-refractivity contribution < 1.29 is 22.7 Å². The van der Waals surface area contributed by atoms with Gasteiger partial charge in [0.15, 0.2) is 6.23 Å². The normalized spacial score (nSPS) is 20.5. The van der Waals surface area contributed by atoms with E-state index in [0.717, 1.165) is 16.5 Å². The highest BCUT2D eigenvalue weighted by Crippen LogP contribution is 2.47. The SMILES string of the molecule is Cc1ccc(S(=O)(=O)n2cc(C3=C/C(=C4/c5ccc(F)cc5NC4O)OC3(C)C)c3ccccc32)cc1. The van der Waals surface area contributed by atoms with Crippen molar-refractivity contribution in [3.05, 3.63) is 107 Å². The number of aromatic nitrogens is 1. The number of halogens is 1. The van der Waals surface area contributed by atoms with Gasteiger partial charge in [0.05, 0.1) is 16.0 Å². The van der Waals surface area contributed by atoms with Gasteiger partial charge in [-0.3, -0.25) is 0 Å². The largest absolute Gasteiger partial charge is 0.483 e. The average Bonchev–Trinajstić information content (AvgIpc) is 3.48. The average molecular weight is 517 g/mol. The maximum atomic E-state index is 13.8. The van der Waals surface area contributed by atoms with Crippen LogP contribution in [0.1, 0.15) is 30.5 Å². The number of aryl methyl sites for hydroxylation is 1. The van der Waals surface area contributed by atoms with Crippen molar-refractivity contribution in [3.63, 3.8) is 0 Å². The predicted octanol–water partition coefficient (Wildman–Crippen LogP) is 5.67. The van der Waals surface area contributed by atoms with Gasteiger partial charge in [0.2, 0.25) is 0 Å². The molecule has 3 aromatic carbocycles. The second-order valence-corrected chi connectivity index (χ2v) is 11.7. The Labute approximate surface area is 214 Å². The first kappa shape index (κ1) is 23.5. The number of nitrogens with one attached hydrogen (secondary N) is 1. The number of hydrogen-bond acceptors (Lipinski definition) is 5. The number of ether oxygens (including phenoxy) is 1. The fraction of sp³-hybridized carbons (Fsp3) is 0.172. The molecule has 4 aromatic rings. The monoisotopic (exact) mass is 516 g/mol. The highest BCUT2D eigenvalue weighted by Gasteiger charge is 2.39. The minimum atomic E-state index is -3.86. The summed E-state index contributed by atoms with van der Waals surface area (Å²) in [7, 11) is -3.86. The number of benzene rings is 3.